The molecule has 4 rings (SSSR count). The van der Waals surface area contributed by atoms with Gasteiger partial charge in [-0.3, -0.25) is 4.79 Å². The molecule has 1 fully saturated rings. The summed E-state index contributed by atoms with van der Waals surface area (Å²) in [5.41, 5.74) is 1.75. The minimum absolute atomic E-state index is 0.0535. The molecule has 2 heterocycles. The van der Waals surface area contributed by atoms with Crippen LogP contribution in [0.3, 0.4) is 0 Å². The second-order valence-corrected chi connectivity index (χ2v) is 7.36. The van der Waals surface area contributed by atoms with Crippen molar-refractivity contribution in [1.29, 1.82) is 0 Å². The van der Waals surface area contributed by atoms with Gasteiger partial charge in [-0.05, 0) is 60.4 Å². The Kier molecular flexibility index (Phi) is 6.44. The molecule has 0 saturated carbocycles. The Morgan fingerprint density at radius 3 is 2.67 bits per heavy atom. The van der Waals surface area contributed by atoms with Crippen molar-refractivity contribution in [3.8, 4) is 5.75 Å². The molecule has 1 aromatic heterocycles. The van der Waals surface area contributed by atoms with Crippen LogP contribution in [0.25, 0.3) is 0 Å². The van der Waals surface area contributed by atoms with Gasteiger partial charge in [0.15, 0.2) is 5.76 Å². The first-order chi connectivity index (χ1) is 14.7. The summed E-state index contributed by atoms with van der Waals surface area (Å²) in [6.07, 6.45) is 3.53. The predicted molar refractivity (Wildman–Crippen MR) is 110 cm³/mol. The number of halogens is 1. The molecule has 0 unspecified atom stereocenters. The molecule has 0 aliphatic carbocycles. The van der Waals surface area contributed by atoms with E-state index < -0.39 is 0 Å². The Hall–Kier alpha value is -3.12. The zero-order valence-corrected chi connectivity index (χ0v) is 16.6. The first-order valence-corrected chi connectivity index (χ1v) is 10.1. The van der Waals surface area contributed by atoms with E-state index in [1.165, 1.54) is 18.4 Å². The van der Waals surface area contributed by atoms with Crippen molar-refractivity contribution >= 4 is 5.91 Å². The van der Waals surface area contributed by atoms with E-state index in [2.05, 4.69) is 0 Å². The van der Waals surface area contributed by atoms with Crippen molar-refractivity contribution in [2.75, 3.05) is 13.2 Å². The van der Waals surface area contributed by atoms with Crippen LogP contribution < -0.4 is 4.74 Å². The molecule has 1 saturated heterocycles. The summed E-state index contributed by atoms with van der Waals surface area (Å²) in [5, 5.41) is 0. The number of amides is 1. The Morgan fingerprint density at radius 2 is 1.97 bits per heavy atom. The molecule has 0 N–H and O–H groups in total. The lowest BCUT2D eigenvalue weighted by Gasteiger charge is -2.25. The average molecular weight is 409 g/mol. The topological polar surface area (TPSA) is 51.9 Å². The van der Waals surface area contributed by atoms with Crippen LogP contribution in [-0.2, 0) is 17.9 Å². The maximum absolute atomic E-state index is 13.3. The SMILES string of the molecule is O=C(c1ccco1)N(Cc1ccc(OCc2cccc(F)c2)cc1)C[C@@H]1CCCO1. The molecule has 0 radical (unpaired) electrons. The van der Waals surface area contributed by atoms with E-state index in [1.807, 2.05) is 30.3 Å². The molecule has 1 aliphatic heterocycles. The second-order valence-electron chi connectivity index (χ2n) is 7.36. The zero-order valence-electron chi connectivity index (χ0n) is 16.6. The normalized spacial score (nSPS) is 15.8. The molecule has 3 aromatic rings. The maximum Gasteiger partial charge on any atom is 0.289 e. The number of carbonyl (C=O) groups is 1. The minimum atomic E-state index is -0.279. The molecule has 2 aromatic carbocycles. The van der Waals surface area contributed by atoms with E-state index in [9.17, 15) is 9.18 Å². The highest BCUT2D eigenvalue weighted by Gasteiger charge is 2.25. The third-order valence-corrected chi connectivity index (χ3v) is 5.06. The summed E-state index contributed by atoms with van der Waals surface area (Å²) in [7, 11) is 0. The van der Waals surface area contributed by atoms with Crippen LogP contribution in [0.2, 0.25) is 0 Å². The highest BCUT2D eigenvalue weighted by Crippen LogP contribution is 2.20. The standard InChI is InChI=1S/C24H24FNO4/c25-20-5-1-4-19(14-20)17-30-21-10-8-18(9-11-21)15-26(16-22-6-2-12-28-22)24(27)23-7-3-13-29-23/h1,3-5,7-11,13-14,22H,2,6,12,15-17H2/t22-/m0/s1. The molecule has 156 valence electrons. The minimum Gasteiger partial charge on any atom is -0.489 e. The Morgan fingerprint density at radius 1 is 1.10 bits per heavy atom. The number of rotatable bonds is 8. The van der Waals surface area contributed by atoms with Crippen LogP contribution in [0.4, 0.5) is 4.39 Å². The first-order valence-electron chi connectivity index (χ1n) is 10.1. The van der Waals surface area contributed by atoms with E-state index in [-0.39, 0.29) is 17.8 Å². The van der Waals surface area contributed by atoms with Gasteiger partial charge < -0.3 is 18.8 Å². The fourth-order valence-corrected chi connectivity index (χ4v) is 3.51. The van der Waals surface area contributed by atoms with Crippen molar-refractivity contribution in [3.05, 3.63) is 89.6 Å². The van der Waals surface area contributed by atoms with Crippen molar-refractivity contribution in [3.63, 3.8) is 0 Å². The first kappa shape index (κ1) is 20.2. The lowest BCUT2D eigenvalue weighted by Crippen LogP contribution is -2.36. The summed E-state index contributed by atoms with van der Waals surface area (Å²) in [6.45, 7) is 2.00. The van der Waals surface area contributed by atoms with Gasteiger partial charge in [0.2, 0.25) is 0 Å². The fourth-order valence-electron chi connectivity index (χ4n) is 3.51. The monoisotopic (exact) mass is 409 g/mol. The lowest BCUT2D eigenvalue weighted by molar-refractivity contribution is 0.0484. The van der Waals surface area contributed by atoms with Gasteiger partial charge in [-0.1, -0.05) is 24.3 Å². The van der Waals surface area contributed by atoms with Crippen LogP contribution in [0.15, 0.2) is 71.3 Å². The van der Waals surface area contributed by atoms with Gasteiger partial charge in [-0.2, -0.15) is 0 Å². The van der Waals surface area contributed by atoms with E-state index >= 15 is 0 Å². The molecule has 1 atom stereocenters. The highest BCUT2D eigenvalue weighted by atomic mass is 19.1. The Balaban J connectivity index is 1.40. The number of benzene rings is 2. The molecule has 5 nitrogen and oxygen atoms in total. The summed E-state index contributed by atoms with van der Waals surface area (Å²) in [4.78, 5) is 14.6. The van der Waals surface area contributed by atoms with Gasteiger partial charge >= 0.3 is 0 Å². The summed E-state index contributed by atoms with van der Waals surface area (Å²) in [5.74, 6) is 0.579. The smallest absolute Gasteiger partial charge is 0.289 e. The maximum atomic E-state index is 13.3. The van der Waals surface area contributed by atoms with Gasteiger partial charge in [-0.25, -0.2) is 4.39 Å². The quantitative estimate of drug-likeness (QED) is 0.535. The number of hydrogen-bond donors (Lipinski definition) is 0. The van der Waals surface area contributed by atoms with Crippen molar-refractivity contribution < 1.29 is 23.1 Å². The van der Waals surface area contributed by atoms with Gasteiger partial charge in [0.1, 0.15) is 18.2 Å². The van der Waals surface area contributed by atoms with Crippen molar-refractivity contribution in [1.82, 2.24) is 4.90 Å². The Bertz CT molecular complexity index is 950. The number of carbonyl (C=O) groups excluding carboxylic acids is 1. The summed E-state index contributed by atoms with van der Waals surface area (Å²) in [6, 6.07) is 17.3. The van der Waals surface area contributed by atoms with Crippen molar-refractivity contribution in [2.24, 2.45) is 0 Å². The number of furan rings is 1. The van der Waals surface area contributed by atoms with Gasteiger partial charge in [0.25, 0.3) is 5.91 Å². The molecule has 6 heteroatoms. The Labute approximate surface area is 175 Å². The predicted octanol–water partition coefficient (Wildman–Crippen LogP) is 4.82. The van der Waals surface area contributed by atoms with Gasteiger partial charge in [0, 0.05) is 19.7 Å². The molecule has 1 amide bonds. The molecule has 1 aliphatic rings. The summed E-state index contributed by atoms with van der Waals surface area (Å²) < 4.78 is 30.0. The molecule has 0 spiro atoms. The van der Waals surface area contributed by atoms with Crippen LogP contribution in [0.5, 0.6) is 5.75 Å². The second kappa shape index (κ2) is 9.59. The van der Waals surface area contributed by atoms with E-state index in [1.54, 1.807) is 23.1 Å². The fraction of sp³-hybridized carbons (Fsp3) is 0.292. The van der Waals surface area contributed by atoms with Crippen LogP contribution in [0, 0.1) is 5.82 Å². The third kappa shape index (κ3) is 5.27. The van der Waals surface area contributed by atoms with Crippen LogP contribution in [0.1, 0.15) is 34.5 Å². The summed E-state index contributed by atoms with van der Waals surface area (Å²) >= 11 is 0. The van der Waals surface area contributed by atoms with Crippen molar-refractivity contribution in [2.45, 2.75) is 32.1 Å². The van der Waals surface area contributed by atoms with Gasteiger partial charge in [-0.15, -0.1) is 0 Å². The van der Waals surface area contributed by atoms with Crippen LogP contribution in [-0.4, -0.2) is 30.1 Å². The number of nitrogens with zero attached hydrogens (tertiary/aromatic N) is 1. The molecular formula is C24H24FNO4. The van der Waals surface area contributed by atoms with E-state index in [0.717, 1.165) is 30.6 Å². The lowest BCUT2D eigenvalue weighted by atomic mass is 10.1. The van der Waals surface area contributed by atoms with E-state index in [4.69, 9.17) is 13.9 Å². The third-order valence-electron chi connectivity index (χ3n) is 5.06. The molecular weight excluding hydrogens is 385 g/mol. The molecule has 0 bridgehead atoms. The largest absolute Gasteiger partial charge is 0.489 e. The zero-order chi connectivity index (χ0) is 20.8. The van der Waals surface area contributed by atoms with Gasteiger partial charge in [0.05, 0.1) is 12.4 Å². The number of ether oxygens (including phenoxy) is 2. The average Bonchev–Trinajstić information content (AvgIpc) is 3.47. The van der Waals surface area contributed by atoms with E-state index in [0.29, 0.717) is 31.2 Å². The number of hydrogen-bond acceptors (Lipinski definition) is 4. The van der Waals surface area contributed by atoms with Crippen LogP contribution >= 0.6 is 0 Å². The molecule has 30 heavy (non-hydrogen) atoms. The highest BCUT2D eigenvalue weighted by molar-refractivity contribution is 5.91.